The zero-order valence-corrected chi connectivity index (χ0v) is 12.0. The van der Waals surface area contributed by atoms with Gasteiger partial charge in [-0.15, -0.1) is 0 Å². The summed E-state index contributed by atoms with van der Waals surface area (Å²) in [6.45, 7) is 2.07. The van der Waals surface area contributed by atoms with Crippen LogP contribution in [0.4, 0.5) is 10.2 Å². The number of benzene rings is 1. The molecule has 0 bridgehead atoms. The summed E-state index contributed by atoms with van der Waals surface area (Å²) < 4.78 is 16.5. The molecular weight excluding hydrogens is 297 g/mol. The Balaban J connectivity index is 2.57. The maximum Gasteiger partial charge on any atom is 0.132 e. The molecule has 2 N–H and O–H groups in total. The summed E-state index contributed by atoms with van der Waals surface area (Å²) >= 11 is 3.33. The fraction of sp³-hybridized carbons (Fsp3) is 0.308. The number of anilines is 1. The van der Waals surface area contributed by atoms with Crippen molar-refractivity contribution in [3.05, 3.63) is 34.3 Å². The summed E-state index contributed by atoms with van der Waals surface area (Å²) in [4.78, 5) is 4.45. The largest absolute Gasteiger partial charge is 0.383 e. The number of hydrogen-bond acceptors (Lipinski definition) is 2. The normalized spacial score (nSPS) is 10.9. The van der Waals surface area contributed by atoms with E-state index >= 15 is 0 Å². The van der Waals surface area contributed by atoms with E-state index in [1.54, 1.807) is 12.1 Å². The molecule has 0 saturated carbocycles. The third kappa shape index (κ3) is 2.27. The molecular formula is C13H15BrFN3. The molecule has 0 atom stereocenters. The Morgan fingerprint density at radius 1 is 1.44 bits per heavy atom. The van der Waals surface area contributed by atoms with Gasteiger partial charge in [0.2, 0.25) is 0 Å². The Labute approximate surface area is 114 Å². The van der Waals surface area contributed by atoms with Crippen molar-refractivity contribution in [1.29, 1.82) is 0 Å². The average Bonchev–Trinajstić information content (AvgIpc) is 2.61. The van der Waals surface area contributed by atoms with Gasteiger partial charge in [-0.2, -0.15) is 0 Å². The lowest BCUT2D eigenvalue weighted by Gasteiger charge is -2.03. The number of halogens is 2. The topological polar surface area (TPSA) is 43.8 Å². The first-order valence-electron chi connectivity index (χ1n) is 5.81. The first-order valence-corrected chi connectivity index (χ1v) is 6.60. The van der Waals surface area contributed by atoms with E-state index < -0.39 is 0 Å². The highest BCUT2D eigenvalue weighted by molar-refractivity contribution is 9.10. The van der Waals surface area contributed by atoms with E-state index in [2.05, 4.69) is 27.8 Å². The van der Waals surface area contributed by atoms with Gasteiger partial charge in [-0.25, -0.2) is 9.37 Å². The Kier molecular flexibility index (Phi) is 3.71. The summed E-state index contributed by atoms with van der Waals surface area (Å²) in [6.07, 6.45) is 1.81. The van der Waals surface area contributed by atoms with Gasteiger partial charge in [-0.3, -0.25) is 0 Å². The number of nitrogen functional groups attached to an aromatic ring is 1. The molecule has 0 aliphatic carbocycles. The zero-order chi connectivity index (χ0) is 13.3. The van der Waals surface area contributed by atoms with E-state index in [1.165, 1.54) is 6.07 Å². The fourth-order valence-electron chi connectivity index (χ4n) is 1.88. The van der Waals surface area contributed by atoms with Crippen LogP contribution in [-0.4, -0.2) is 9.55 Å². The SMILES string of the molecule is CCCc1nc(-c2cc(Br)ccc2F)c(N)n1C. The quantitative estimate of drug-likeness (QED) is 0.942. The Bertz CT molecular complexity index is 578. The van der Waals surface area contributed by atoms with Crippen molar-refractivity contribution in [1.82, 2.24) is 9.55 Å². The van der Waals surface area contributed by atoms with E-state index in [4.69, 9.17) is 5.73 Å². The van der Waals surface area contributed by atoms with Crippen molar-refractivity contribution in [3.8, 4) is 11.3 Å². The van der Waals surface area contributed by atoms with Gasteiger partial charge in [0.25, 0.3) is 0 Å². The van der Waals surface area contributed by atoms with Gasteiger partial charge >= 0.3 is 0 Å². The molecule has 0 spiro atoms. The predicted octanol–water partition coefficient (Wildman–Crippen LogP) is 3.52. The van der Waals surface area contributed by atoms with Crippen LogP contribution in [0.1, 0.15) is 19.2 Å². The van der Waals surface area contributed by atoms with Crippen molar-refractivity contribution in [2.45, 2.75) is 19.8 Å². The minimum atomic E-state index is -0.314. The summed E-state index contributed by atoms with van der Waals surface area (Å²) in [5, 5.41) is 0. The first-order chi connectivity index (χ1) is 8.54. The van der Waals surface area contributed by atoms with Gasteiger partial charge in [0, 0.05) is 23.5 Å². The Morgan fingerprint density at radius 3 is 2.83 bits per heavy atom. The lowest BCUT2D eigenvalue weighted by Crippen LogP contribution is -2.01. The van der Waals surface area contributed by atoms with Crippen LogP contribution in [0.3, 0.4) is 0 Å². The van der Waals surface area contributed by atoms with E-state index in [-0.39, 0.29) is 5.82 Å². The second-order valence-electron chi connectivity index (χ2n) is 4.20. The van der Waals surface area contributed by atoms with Gasteiger partial charge in [0.1, 0.15) is 23.2 Å². The van der Waals surface area contributed by atoms with Gasteiger partial charge in [0.05, 0.1) is 0 Å². The molecule has 96 valence electrons. The van der Waals surface area contributed by atoms with E-state index in [1.807, 2.05) is 11.6 Å². The van der Waals surface area contributed by atoms with Crippen molar-refractivity contribution < 1.29 is 4.39 Å². The van der Waals surface area contributed by atoms with Gasteiger partial charge in [-0.05, 0) is 24.6 Å². The molecule has 0 amide bonds. The average molecular weight is 312 g/mol. The van der Waals surface area contributed by atoms with Crippen LogP contribution in [0.5, 0.6) is 0 Å². The van der Waals surface area contributed by atoms with Gasteiger partial charge < -0.3 is 10.3 Å². The second-order valence-corrected chi connectivity index (χ2v) is 5.11. The number of nitrogens with two attached hydrogens (primary N) is 1. The van der Waals surface area contributed by atoms with Gasteiger partial charge in [-0.1, -0.05) is 22.9 Å². The number of aromatic nitrogens is 2. The van der Waals surface area contributed by atoms with Crippen LogP contribution in [0.25, 0.3) is 11.3 Å². The lowest BCUT2D eigenvalue weighted by molar-refractivity contribution is 0.630. The molecule has 3 nitrogen and oxygen atoms in total. The van der Waals surface area contributed by atoms with Crippen molar-refractivity contribution in [2.24, 2.45) is 7.05 Å². The summed E-state index contributed by atoms with van der Waals surface area (Å²) in [7, 11) is 1.85. The summed E-state index contributed by atoms with van der Waals surface area (Å²) in [5.74, 6) is 1.06. The maximum atomic E-state index is 13.8. The van der Waals surface area contributed by atoms with Crippen LogP contribution in [0, 0.1) is 5.82 Å². The molecule has 0 radical (unpaired) electrons. The van der Waals surface area contributed by atoms with Crippen molar-refractivity contribution in [3.63, 3.8) is 0 Å². The molecule has 0 aliphatic heterocycles. The van der Waals surface area contributed by atoms with E-state index in [0.717, 1.165) is 23.1 Å². The Morgan fingerprint density at radius 2 is 2.17 bits per heavy atom. The first kappa shape index (κ1) is 13.1. The van der Waals surface area contributed by atoms with E-state index in [0.29, 0.717) is 17.1 Å². The third-order valence-corrected chi connectivity index (χ3v) is 3.38. The van der Waals surface area contributed by atoms with Crippen LogP contribution >= 0.6 is 15.9 Å². The molecule has 0 fully saturated rings. The Hall–Kier alpha value is -1.36. The smallest absolute Gasteiger partial charge is 0.132 e. The molecule has 5 heteroatoms. The van der Waals surface area contributed by atoms with Crippen molar-refractivity contribution >= 4 is 21.7 Å². The van der Waals surface area contributed by atoms with Crippen LogP contribution in [0.15, 0.2) is 22.7 Å². The molecule has 0 unspecified atom stereocenters. The number of imidazole rings is 1. The molecule has 0 saturated heterocycles. The van der Waals surface area contributed by atoms with Crippen LogP contribution < -0.4 is 5.73 Å². The highest BCUT2D eigenvalue weighted by atomic mass is 79.9. The minimum Gasteiger partial charge on any atom is -0.383 e. The minimum absolute atomic E-state index is 0.314. The summed E-state index contributed by atoms with van der Waals surface area (Å²) in [5.41, 5.74) is 6.95. The van der Waals surface area contributed by atoms with Crippen LogP contribution in [0.2, 0.25) is 0 Å². The van der Waals surface area contributed by atoms with E-state index in [9.17, 15) is 4.39 Å². The fourth-order valence-corrected chi connectivity index (χ4v) is 2.24. The highest BCUT2D eigenvalue weighted by Crippen LogP contribution is 2.30. The molecule has 18 heavy (non-hydrogen) atoms. The molecule has 0 aliphatic rings. The van der Waals surface area contributed by atoms with Crippen LogP contribution in [-0.2, 0) is 13.5 Å². The zero-order valence-electron chi connectivity index (χ0n) is 10.4. The molecule has 1 heterocycles. The second kappa shape index (κ2) is 5.10. The molecule has 2 rings (SSSR count). The summed E-state index contributed by atoms with van der Waals surface area (Å²) in [6, 6.07) is 4.77. The number of aryl methyl sites for hydroxylation is 1. The molecule has 1 aromatic carbocycles. The highest BCUT2D eigenvalue weighted by Gasteiger charge is 2.16. The number of hydrogen-bond donors (Lipinski definition) is 1. The maximum absolute atomic E-state index is 13.8. The van der Waals surface area contributed by atoms with Crippen molar-refractivity contribution in [2.75, 3.05) is 5.73 Å². The predicted molar refractivity (Wildman–Crippen MR) is 74.7 cm³/mol. The molecule has 2 aromatic rings. The third-order valence-electron chi connectivity index (χ3n) is 2.89. The molecule has 1 aromatic heterocycles. The number of rotatable bonds is 3. The van der Waals surface area contributed by atoms with Gasteiger partial charge in [0.15, 0.2) is 0 Å². The standard InChI is InChI=1S/C13H15BrFN3/c1-3-4-11-17-12(13(16)18(11)2)9-7-8(14)5-6-10(9)15/h5-7H,3-4,16H2,1-2H3. The monoisotopic (exact) mass is 311 g/mol. The number of nitrogens with zero attached hydrogens (tertiary/aromatic N) is 2. The lowest BCUT2D eigenvalue weighted by atomic mass is 10.1.